The Morgan fingerprint density at radius 2 is 1.08 bits per heavy atom. The normalized spacial score (nSPS) is 16.8. The van der Waals surface area contributed by atoms with Gasteiger partial charge < -0.3 is 4.90 Å². The van der Waals surface area contributed by atoms with Crippen molar-refractivity contribution in [3.05, 3.63) is 166 Å². The molecule has 0 saturated carbocycles. The minimum absolute atomic E-state index is 0.660. The molecular weight excluding hydrogens is 933 g/mol. The summed E-state index contributed by atoms with van der Waals surface area (Å²) in [7, 11) is 0. The van der Waals surface area contributed by atoms with Crippen LogP contribution in [-0.2, 0) is 6.54 Å². The Morgan fingerprint density at radius 1 is 0.527 bits per heavy atom. The van der Waals surface area contributed by atoms with Gasteiger partial charge in [-0.3, -0.25) is 0 Å². The molecule has 3 aliphatic rings. The molecule has 0 N–H and O–H groups in total. The van der Waals surface area contributed by atoms with Gasteiger partial charge in [0.05, 0.1) is 10.7 Å². The van der Waals surface area contributed by atoms with E-state index in [4.69, 9.17) is 0 Å². The molecule has 4 aromatic carbocycles. The lowest BCUT2D eigenvalue weighted by Crippen LogP contribution is -2.35. The van der Waals surface area contributed by atoms with Gasteiger partial charge in [0.2, 0.25) is 5.52 Å². The largest absolute Gasteiger partial charge is 0.335 e. The van der Waals surface area contributed by atoms with Crippen molar-refractivity contribution in [1.82, 2.24) is 0 Å². The average molecular weight is 1020 g/mol. The fourth-order valence-corrected chi connectivity index (χ4v) is 13.8. The number of hydrogen-bond acceptors (Lipinski definition) is 3. The number of nitrogens with zero attached hydrogens (tertiary/aromatic N) is 2. The molecule has 5 aromatic rings. The van der Waals surface area contributed by atoms with Crippen LogP contribution in [0.2, 0.25) is 0 Å². The molecule has 0 saturated heterocycles. The molecule has 0 radical (unpaired) electrons. The second kappa shape index (κ2) is 31.4. The van der Waals surface area contributed by atoms with E-state index in [1.807, 2.05) is 23.1 Å². The van der Waals surface area contributed by atoms with Crippen LogP contribution < -0.4 is 9.47 Å². The summed E-state index contributed by atoms with van der Waals surface area (Å²) in [6.45, 7) is 6.76. The topological polar surface area (TPSA) is 7.12 Å². The number of hydrogen-bond donors (Lipinski definition) is 0. The van der Waals surface area contributed by atoms with Gasteiger partial charge in [-0.1, -0.05) is 224 Å². The fourth-order valence-electron chi connectivity index (χ4n) is 11.4. The van der Waals surface area contributed by atoms with Crippen molar-refractivity contribution < 1.29 is 4.57 Å². The van der Waals surface area contributed by atoms with Crippen LogP contribution in [0.4, 0.5) is 5.69 Å². The number of anilines is 1. The van der Waals surface area contributed by atoms with Crippen LogP contribution in [0.15, 0.2) is 166 Å². The van der Waals surface area contributed by atoms with Gasteiger partial charge in [-0.2, -0.15) is 4.57 Å². The van der Waals surface area contributed by atoms with Gasteiger partial charge in [0.15, 0.2) is 6.54 Å². The van der Waals surface area contributed by atoms with Crippen LogP contribution in [0.1, 0.15) is 199 Å². The summed E-state index contributed by atoms with van der Waals surface area (Å²) in [5.41, 5.74) is 12.5. The first-order valence-electron chi connectivity index (χ1n) is 30.0. The van der Waals surface area contributed by atoms with Crippen molar-refractivity contribution in [2.75, 3.05) is 11.4 Å². The molecule has 0 amide bonds. The van der Waals surface area contributed by atoms with Gasteiger partial charge in [-0.25, -0.2) is 0 Å². The highest BCUT2D eigenvalue weighted by Crippen LogP contribution is 2.49. The Labute approximate surface area is 458 Å². The van der Waals surface area contributed by atoms with Crippen LogP contribution in [0.5, 0.6) is 0 Å². The van der Waals surface area contributed by atoms with Crippen LogP contribution in [0.3, 0.4) is 0 Å². The predicted octanol–water partition coefficient (Wildman–Crippen LogP) is 21.9. The van der Waals surface area contributed by atoms with Gasteiger partial charge in [-0.05, 0) is 165 Å². The van der Waals surface area contributed by atoms with Gasteiger partial charge in [0, 0.05) is 30.0 Å². The van der Waals surface area contributed by atoms with E-state index in [0.717, 1.165) is 25.9 Å². The van der Waals surface area contributed by atoms with E-state index < -0.39 is 0 Å². The number of thioether (sulfide) groups is 1. The number of aryl methyl sites for hydroxylation is 1. The van der Waals surface area contributed by atoms with Crippen LogP contribution >= 0.6 is 23.1 Å². The van der Waals surface area contributed by atoms with E-state index in [2.05, 4.69) is 169 Å². The SMILES string of the molecule is CCCCCCCC=CCCCCCCCN1C(=CC2=CC3=CC(=Cc4sc5cc(-c6ccccc6)ccc5[n+]4CCCCCCCC=CCCCCCCC)CCC3CC2)Sc2cc(-c3ccccc3)ccc21. The van der Waals surface area contributed by atoms with Crippen molar-refractivity contribution in [3.8, 4) is 22.3 Å². The maximum Gasteiger partial charge on any atom is 0.263 e. The highest BCUT2D eigenvalue weighted by molar-refractivity contribution is 8.03. The first-order chi connectivity index (χ1) is 36.7. The number of thiazole rings is 1. The summed E-state index contributed by atoms with van der Waals surface area (Å²) < 4.78 is 4.05. The van der Waals surface area contributed by atoms with Gasteiger partial charge >= 0.3 is 0 Å². The Morgan fingerprint density at radius 3 is 1.72 bits per heavy atom. The molecule has 392 valence electrons. The summed E-state index contributed by atoms with van der Waals surface area (Å²) in [6.07, 6.45) is 56.7. The molecule has 0 fully saturated rings. The minimum atomic E-state index is 0.660. The van der Waals surface area contributed by atoms with Crippen molar-refractivity contribution in [2.45, 2.75) is 205 Å². The molecule has 2 heterocycles. The Hall–Kier alpha value is -4.64. The summed E-state index contributed by atoms with van der Waals surface area (Å²) in [5, 5.41) is 2.81. The maximum absolute atomic E-state index is 2.66. The molecule has 4 heteroatoms. The summed E-state index contributed by atoms with van der Waals surface area (Å²) in [6, 6.07) is 36.2. The quantitative estimate of drug-likeness (QED) is 0.0241. The Balaban J connectivity index is 0.927. The molecule has 0 bridgehead atoms. The zero-order valence-corrected chi connectivity index (χ0v) is 47.5. The summed E-state index contributed by atoms with van der Waals surface area (Å²) >= 11 is 3.98. The van der Waals surface area contributed by atoms with Crippen molar-refractivity contribution in [2.24, 2.45) is 5.92 Å². The van der Waals surface area contributed by atoms with Crippen LogP contribution in [0, 0.1) is 5.92 Å². The van der Waals surface area contributed by atoms with Crippen molar-refractivity contribution in [3.63, 3.8) is 0 Å². The number of allylic oxidation sites excluding steroid dienone is 10. The second-order valence-electron chi connectivity index (χ2n) is 21.7. The average Bonchev–Trinajstić information content (AvgIpc) is 3.96. The molecule has 1 aliphatic heterocycles. The summed E-state index contributed by atoms with van der Waals surface area (Å²) in [4.78, 5) is 4.05. The number of rotatable bonds is 32. The minimum Gasteiger partial charge on any atom is -0.335 e. The Kier molecular flexibility index (Phi) is 23.6. The molecule has 1 atom stereocenters. The molecule has 0 spiro atoms. The number of unbranched alkanes of at least 4 members (excludes halogenated alkanes) is 20. The third-order valence-electron chi connectivity index (χ3n) is 15.8. The Bertz CT molecular complexity index is 2640. The van der Waals surface area contributed by atoms with Gasteiger partial charge in [-0.15, -0.1) is 0 Å². The van der Waals surface area contributed by atoms with Crippen molar-refractivity contribution >= 4 is 45.1 Å². The molecule has 1 unspecified atom stereocenters. The molecule has 74 heavy (non-hydrogen) atoms. The molecule has 8 rings (SSSR count). The zero-order valence-electron chi connectivity index (χ0n) is 45.9. The van der Waals surface area contributed by atoms with E-state index >= 15 is 0 Å². The highest BCUT2D eigenvalue weighted by Gasteiger charge is 2.28. The summed E-state index contributed by atoms with van der Waals surface area (Å²) in [5.74, 6) is 0.660. The lowest BCUT2D eigenvalue weighted by molar-refractivity contribution is -0.669. The standard InChI is InChI=1S/C70H91N2S2/c1-3-5-7-9-11-13-15-17-19-21-23-25-27-35-49-71-65-47-45-62(59-37-31-29-32-38-59)55-67(65)73-69(71)53-57-41-43-61-44-42-58(52-64(61)51-57)54-70-72(50-36-28-26-24-22-20-18-16-14-12-10-8-6-4-2)66-48-46-63(56-68(66)74-70)60-39-33-30-34-40-60/h15-18,29-34,37-40,45-48,51-56,61H,3-14,19-28,35-36,41-44,49-50H2,1-2H3/q+1. The lowest BCUT2D eigenvalue weighted by atomic mass is 9.77. The highest BCUT2D eigenvalue weighted by atomic mass is 32.2. The van der Waals surface area contributed by atoms with E-state index in [1.54, 1.807) is 5.57 Å². The monoisotopic (exact) mass is 1020 g/mol. The molecule has 2 nitrogen and oxygen atoms in total. The first kappa shape index (κ1) is 55.6. The number of benzene rings is 4. The van der Waals surface area contributed by atoms with E-state index in [-0.39, 0.29) is 0 Å². The van der Waals surface area contributed by atoms with E-state index in [0.29, 0.717) is 5.92 Å². The predicted molar refractivity (Wildman–Crippen MR) is 327 cm³/mol. The zero-order chi connectivity index (χ0) is 50.8. The first-order valence-corrected chi connectivity index (χ1v) is 31.6. The van der Waals surface area contributed by atoms with Crippen LogP contribution in [0.25, 0.3) is 38.5 Å². The molecule has 2 aliphatic carbocycles. The van der Waals surface area contributed by atoms with Gasteiger partial charge in [0.1, 0.15) is 4.70 Å². The van der Waals surface area contributed by atoms with E-state index in [1.165, 1.54) is 231 Å². The maximum atomic E-state index is 2.66. The van der Waals surface area contributed by atoms with Crippen molar-refractivity contribution in [1.29, 1.82) is 0 Å². The number of aromatic nitrogens is 1. The fraction of sp³-hybridized carbons (Fsp3) is 0.471. The lowest BCUT2D eigenvalue weighted by Gasteiger charge is -2.29. The van der Waals surface area contributed by atoms with E-state index in [9.17, 15) is 0 Å². The second-order valence-corrected chi connectivity index (χ2v) is 23.9. The third-order valence-corrected chi connectivity index (χ3v) is 18.0. The molecule has 1 aromatic heterocycles. The smallest absolute Gasteiger partial charge is 0.263 e. The van der Waals surface area contributed by atoms with Crippen LogP contribution in [-0.4, -0.2) is 6.54 Å². The van der Waals surface area contributed by atoms with Gasteiger partial charge in [0.25, 0.3) is 5.01 Å². The number of fused-ring (bicyclic) bond motifs is 3. The molecular formula is C70H91N2S2+. The third kappa shape index (κ3) is 17.2.